The molecule has 0 spiro atoms. The highest BCUT2D eigenvalue weighted by Gasteiger charge is 2.29. The average molecular weight is 290 g/mol. The fraction of sp³-hybridized carbons (Fsp3) is 0.533. The van der Waals surface area contributed by atoms with Crippen LogP contribution in [0.3, 0.4) is 0 Å². The molecule has 6 heteroatoms. The summed E-state index contributed by atoms with van der Waals surface area (Å²) in [5.41, 5.74) is 0.942. The minimum Gasteiger partial charge on any atom is -0.370 e. The lowest BCUT2D eigenvalue weighted by atomic mass is 10.2. The Bertz CT molecular complexity index is 518. The summed E-state index contributed by atoms with van der Waals surface area (Å²) in [6.07, 6.45) is 2.73. The Labute approximate surface area is 125 Å². The van der Waals surface area contributed by atoms with Crippen LogP contribution in [0.15, 0.2) is 18.3 Å². The molecule has 2 heterocycles. The van der Waals surface area contributed by atoms with E-state index in [0.29, 0.717) is 13.1 Å². The number of carbonyl (C=O) groups is 2. The minimum absolute atomic E-state index is 0.00376. The number of hydrogen-bond acceptors (Lipinski definition) is 4. The largest absolute Gasteiger partial charge is 0.370 e. The van der Waals surface area contributed by atoms with Gasteiger partial charge in [0.2, 0.25) is 11.8 Å². The van der Waals surface area contributed by atoms with Crippen molar-refractivity contribution in [3.8, 4) is 0 Å². The Balaban J connectivity index is 2.08. The maximum Gasteiger partial charge on any atom is 0.242 e. The molecule has 1 aliphatic rings. The molecule has 6 nitrogen and oxygen atoms in total. The molecule has 0 atom stereocenters. The normalized spacial score (nSPS) is 15.5. The first-order chi connectivity index (χ1) is 10.2. The van der Waals surface area contributed by atoms with E-state index < -0.39 is 0 Å². The molecule has 1 aromatic rings. The lowest BCUT2D eigenvalue weighted by Crippen LogP contribution is -2.53. The number of amides is 2. The molecule has 0 aromatic carbocycles. The Morgan fingerprint density at radius 3 is 2.62 bits per heavy atom. The predicted octanol–water partition coefficient (Wildman–Crippen LogP) is 1.09. The molecule has 2 amide bonds. The molecule has 2 rings (SSSR count). The molecule has 1 saturated heterocycles. The van der Waals surface area contributed by atoms with Gasteiger partial charge in [0.15, 0.2) is 0 Å². The second kappa shape index (κ2) is 7.06. The van der Waals surface area contributed by atoms with Crippen LogP contribution in [-0.4, -0.2) is 52.8 Å². The molecule has 1 fully saturated rings. The summed E-state index contributed by atoms with van der Waals surface area (Å²) in [5, 5.41) is 3.25. The highest BCUT2D eigenvalue weighted by molar-refractivity contribution is 5.92. The van der Waals surface area contributed by atoms with E-state index >= 15 is 0 Å². The van der Waals surface area contributed by atoms with E-state index in [1.54, 1.807) is 16.0 Å². The van der Waals surface area contributed by atoms with Crippen molar-refractivity contribution in [2.75, 3.05) is 31.5 Å². The molecular weight excluding hydrogens is 268 g/mol. The van der Waals surface area contributed by atoms with Gasteiger partial charge in [0.25, 0.3) is 0 Å². The van der Waals surface area contributed by atoms with Gasteiger partial charge in [-0.1, -0.05) is 13.0 Å². The Morgan fingerprint density at radius 1 is 1.19 bits per heavy atom. The summed E-state index contributed by atoms with van der Waals surface area (Å²) < 4.78 is 0. The van der Waals surface area contributed by atoms with E-state index in [1.807, 2.05) is 19.1 Å². The maximum atomic E-state index is 12.1. The SMILES string of the molecule is CCCNc1ncccc1CN1CC(=O)N(CC)CC1=O. The first-order valence-corrected chi connectivity index (χ1v) is 7.39. The fourth-order valence-corrected chi connectivity index (χ4v) is 2.31. The summed E-state index contributed by atoms with van der Waals surface area (Å²) in [7, 11) is 0. The van der Waals surface area contributed by atoms with E-state index in [-0.39, 0.29) is 24.9 Å². The molecule has 114 valence electrons. The van der Waals surface area contributed by atoms with Crippen LogP contribution in [0.25, 0.3) is 0 Å². The van der Waals surface area contributed by atoms with Crippen LogP contribution in [0.1, 0.15) is 25.8 Å². The van der Waals surface area contributed by atoms with Gasteiger partial charge in [-0.3, -0.25) is 9.59 Å². The third-order valence-corrected chi connectivity index (χ3v) is 3.53. The van der Waals surface area contributed by atoms with Crippen LogP contribution >= 0.6 is 0 Å². The van der Waals surface area contributed by atoms with Crippen molar-refractivity contribution < 1.29 is 9.59 Å². The fourth-order valence-electron chi connectivity index (χ4n) is 2.31. The van der Waals surface area contributed by atoms with Gasteiger partial charge in [-0.2, -0.15) is 0 Å². The van der Waals surface area contributed by atoms with Gasteiger partial charge in [0.05, 0.1) is 6.54 Å². The molecular formula is C15H22N4O2. The van der Waals surface area contributed by atoms with Crippen LogP contribution in [0, 0.1) is 0 Å². The van der Waals surface area contributed by atoms with Gasteiger partial charge in [-0.15, -0.1) is 0 Å². The van der Waals surface area contributed by atoms with Gasteiger partial charge in [0, 0.05) is 31.4 Å². The van der Waals surface area contributed by atoms with E-state index in [4.69, 9.17) is 0 Å². The van der Waals surface area contributed by atoms with Crippen molar-refractivity contribution in [3.63, 3.8) is 0 Å². The highest BCUT2D eigenvalue weighted by atomic mass is 16.2. The quantitative estimate of drug-likeness (QED) is 0.852. The number of anilines is 1. The van der Waals surface area contributed by atoms with Crippen LogP contribution < -0.4 is 5.32 Å². The maximum absolute atomic E-state index is 12.1. The van der Waals surface area contributed by atoms with E-state index in [2.05, 4.69) is 17.2 Å². The summed E-state index contributed by atoms with van der Waals surface area (Å²) in [4.78, 5) is 31.6. The summed E-state index contributed by atoms with van der Waals surface area (Å²) in [6.45, 7) is 6.12. The zero-order valence-electron chi connectivity index (χ0n) is 12.6. The highest BCUT2D eigenvalue weighted by Crippen LogP contribution is 2.16. The number of pyridine rings is 1. The Morgan fingerprint density at radius 2 is 1.90 bits per heavy atom. The van der Waals surface area contributed by atoms with Crippen molar-refractivity contribution in [1.82, 2.24) is 14.8 Å². The molecule has 0 saturated carbocycles. The lowest BCUT2D eigenvalue weighted by Gasteiger charge is -2.33. The molecule has 1 aromatic heterocycles. The Kier molecular flexibility index (Phi) is 5.14. The van der Waals surface area contributed by atoms with E-state index in [1.165, 1.54) is 0 Å². The summed E-state index contributed by atoms with van der Waals surface area (Å²) >= 11 is 0. The average Bonchev–Trinajstić information content (AvgIpc) is 2.49. The zero-order valence-corrected chi connectivity index (χ0v) is 12.6. The van der Waals surface area contributed by atoms with Crippen LogP contribution in [0.5, 0.6) is 0 Å². The second-order valence-corrected chi connectivity index (χ2v) is 5.10. The monoisotopic (exact) mass is 290 g/mol. The van der Waals surface area contributed by atoms with Crippen molar-refractivity contribution in [2.24, 2.45) is 0 Å². The lowest BCUT2D eigenvalue weighted by molar-refractivity contribution is -0.150. The molecule has 21 heavy (non-hydrogen) atoms. The smallest absolute Gasteiger partial charge is 0.242 e. The van der Waals surface area contributed by atoms with Crippen molar-refractivity contribution >= 4 is 17.6 Å². The number of nitrogens with one attached hydrogen (secondary N) is 1. The summed E-state index contributed by atoms with van der Waals surface area (Å²) in [5.74, 6) is 0.781. The molecule has 0 unspecified atom stereocenters. The number of rotatable bonds is 6. The number of aromatic nitrogens is 1. The standard InChI is InChI=1S/C15H22N4O2/c1-3-7-16-15-12(6-5-8-17-15)9-19-11-13(20)18(4-2)10-14(19)21/h5-6,8H,3-4,7,9-11H2,1-2H3,(H,16,17). The molecule has 0 aliphatic carbocycles. The minimum atomic E-state index is -0.0123. The number of carbonyl (C=O) groups excluding carboxylic acids is 2. The Hall–Kier alpha value is -2.11. The van der Waals surface area contributed by atoms with Crippen molar-refractivity contribution in [2.45, 2.75) is 26.8 Å². The molecule has 0 bridgehead atoms. The van der Waals surface area contributed by atoms with Gasteiger partial charge in [-0.05, 0) is 19.4 Å². The van der Waals surface area contributed by atoms with Crippen molar-refractivity contribution in [3.05, 3.63) is 23.9 Å². The second-order valence-electron chi connectivity index (χ2n) is 5.10. The number of likely N-dealkylation sites (N-methyl/N-ethyl adjacent to an activating group) is 1. The number of nitrogens with zero attached hydrogens (tertiary/aromatic N) is 3. The third kappa shape index (κ3) is 3.71. The van der Waals surface area contributed by atoms with Gasteiger partial charge in [0.1, 0.15) is 12.4 Å². The molecule has 0 radical (unpaired) electrons. The first-order valence-electron chi connectivity index (χ1n) is 7.39. The third-order valence-electron chi connectivity index (χ3n) is 3.53. The number of piperazine rings is 1. The van der Waals surface area contributed by atoms with E-state index in [0.717, 1.165) is 24.3 Å². The summed E-state index contributed by atoms with van der Waals surface area (Å²) in [6, 6.07) is 3.79. The zero-order chi connectivity index (χ0) is 15.2. The first kappa shape index (κ1) is 15.3. The van der Waals surface area contributed by atoms with Crippen LogP contribution in [0.4, 0.5) is 5.82 Å². The van der Waals surface area contributed by atoms with Crippen LogP contribution in [-0.2, 0) is 16.1 Å². The van der Waals surface area contributed by atoms with E-state index in [9.17, 15) is 9.59 Å². The molecule has 1 N–H and O–H groups in total. The molecule has 1 aliphatic heterocycles. The predicted molar refractivity (Wildman–Crippen MR) is 80.7 cm³/mol. The topological polar surface area (TPSA) is 65.5 Å². The van der Waals surface area contributed by atoms with Crippen molar-refractivity contribution in [1.29, 1.82) is 0 Å². The van der Waals surface area contributed by atoms with Crippen LogP contribution in [0.2, 0.25) is 0 Å². The van der Waals surface area contributed by atoms with Gasteiger partial charge in [-0.25, -0.2) is 4.98 Å². The van der Waals surface area contributed by atoms with Gasteiger partial charge < -0.3 is 15.1 Å². The van der Waals surface area contributed by atoms with Gasteiger partial charge >= 0.3 is 0 Å². The number of hydrogen-bond donors (Lipinski definition) is 1.